The van der Waals surface area contributed by atoms with Crippen molar-refractivity contribution < 1.29 is 4.74 Å². The van der Waals surface area contributed by atoms with Gasteiger partial charge < -0.3 is 10.1 Å². The Bertz CT molecular complexity index is 166. The van der Waals surface area contributed by atoms with Gasteiger partial charge in [-0.05, 0) is 39.7 Å². The maximum absolute atomic E-state index is 5.84. The molecule has 0 aliphatic rings. The highest BCUT2D eigenvalue weighted by molar-refractivity contribution is 4.85. The van der Waals surface area contributed by atoms with Gasteiger partial charge in [0.15, 0.2) is 0 Å². The zero-order valence-corrected chi connectivity index (χ0v) is 12.1. The van der Waals surface area contributed by atoms with Gasteiger partial charge >= 0.3 is 0 Å². The van der Waals surface area contributed by atoms with E-state index in [1.165, 1.54) is 19.3 Å². The SMILES string of the molecule is CCNC(CCCC(C)C)C(C)(C)OCC. The molecule has 1 atom stereocenters. The molecule has 0 aromatic heterocycles. The van der Waals surface area contributed by atoms with Crippen LogP contribution in [0.1, 0.15) is 60.8 Å². The first-order valence-corrected chi connectivity index (χ1v) is 6.81. The van der Waals surface area contributed by atoms with Crippen molar-refractivity contribution in [2.24, 2.45) is 5.92 Å². The van der Waals surface area contributed by atoms with Crippen LogP contribution in [-0.4, -0.2) is 24.8 Å². The van der Waals surface area contributed by atoms with Crippen molar-refractivity contribution in [2.75, 3.05) is 13.2 Å². The molecular weight excluding hydrogens is 198 g/mol. The molecule has 0 saturated carbocycles. The van der Waals surface area contributed by atoms with Gasteiger partial charge in [0.1, 0.15) is 0 Å². The molecule has 0 aliphatic carbocycles. The molecule has 0 heterocycles. The Balaban J connectivity index is 4.14. The zero-order valence-electron chi connectivity index (χ0n) is 12.1. The van der Waals surface area contributed by atoms with Gasteiger partial charge in [0, 0.05) is 12.6 Å². The molecule has 2 nitrogen and oxygen atoms in total. The lowest BCUT2D eigenvalue weighted by molar-refractivity contribution is -0.0403. The van der Waals surface area contributed by atoms with E-state index in [2.05, 4.69) is 46.9 Å². The number of ether oxygens (including phenoxy) is 1. The number of hydrogen-bond acceptors (Lipinski definition) is 2. The maximum Gasteiger partial charge on any atom is 0.0778 e. The highest BCUT2D eigenvalue weighted by Crippen LogP contribution is 2.20. The first kappa shape index (κ1) is 15.9. The summed E-state index contributed by atoms with van der Waals surface area (Å²) in [5.41, 5.74) is -0.0538. The highest BCUT2D eigenvalue weighted by Gasteiger charge is 2.28. The Kier molecular flexibility index (Phi) is 8.04. The van der Waals surface area contributed by atoms with Crippen LogP contribution in [0.25, 0.3) is 0 Å². The molecule has 0 amide bonds. The summed E-state index contributed by atoms with van der Waals surface area (Å²) in [6.45, 7) is 15.0. The molecule has 0 saturated heterocycles. The van der Waals surface area contributed by atoms with Gasteiger partial charge in [-0.15, -0.1) is 0 Å². The summed E-state index contributed by atoms with van der Waals surface area (Å²) in [4.78, 5) is 0. The van der Waals surface area contributed by atoms with E-state index in [1.54, 1.807) is 0 Å². The van der Waals surface area contributed by atoms with Crippen LogP contribution in [0.15, 0.2) is 0 Å². The maximum atomic E-state index is 5.84. The Morgan fingerprint density at radius 2 is 1.75 bits per heavy atom. The molecule has 0 rings (SSSR count). The average molecular weight is 229 g/mol. The quantitative estimate of drug-likeness (QED) is 0.652. The lowest BCUT2D eigenvalue weighted by Gasteiger charge is -2.35. The third kappa shape index (κ3) is 6.49. The van der Waals surface area contributed by atoms with E-state index in [-0.39, 0.29) is 5.60 Å². The van der Waals surface area contributed by atoms with Crippen molar-refractivity contribution in [3.63, 3.8) is 0 Å². The van der Waals surface area contributed by atoms with E-state index in [0.717, 1.165) is 19.1 Å². The van der Waals surface area contributed by atoms with Crippen LogP contribution in [0.2, 0.25) is 0 Å². The van der Waals surface area contributed by atoms with Gasteiger partial charge in [-0.2, -0.15) is 0 Å². The third-order valence-electron chi connectivity index (χ3n) is 3.08. The molecule has 2 heteroatoms. The van der Waals surface area contributed by atoms with E-state index in [1.807, 2.05) is 0 Å². The fraction of sp³-hybridized carbons (Fsp3) is 1.00. The molecule has 0 aliphatic heterocycles. The summed E-state index contributed by atoms with van der Waals surface area (Å²) in [7, 11) is 0. The summed E-state index contributed by atoms with van der Waals surface area (Å²) >= 11 is 0. The minimum atomic E-state index is -0.0538. The lowest BCUT2D eigenvalue weighted by Crippen LogP contribution is -2.48. The second-order valence-corrected chi connectivity index (χ2v) is 5.47. The van der Waals surface area contributed by atoms with Crippen molar-refractivity contribution >= 4 is 0 Å². The molecule has 98 valence electrons. The largest absolute Gasteiger partial charge is 0.374 e. The predicted octanol–water partition coefficient (Wildman–Crippen LogP) is 3.61. The normalized spacial score (nSPS) is 14.4. The number of rotatable bonds is 9. The molecule has 0 bridgehead atoms. The molecule has 0 aromatic rings. The number of nitrogens with one attached hydrogen (secondary N) is 1. The van der Waals surface area contributed by atoms with Gasteiger partial charge in [-0.3, -0.25) is 0 Å². The third-order valence-corrected chi connectivity index (χ3v) is 3.08. The smallest absolute Gasteiger partial charge is 0.0778 e. The van der Waals surface area contributed by atoms with Crippen molar-refractivity contribution in [3.8, 4) is 0 Å². The second kappa shape index (κ2) is 8.08. The Labute approximate surface area is 102 Å². The van der Waals surface area contributed by atoms with Crippen LogP contribution >= 0.6 is 0 Å². The van der Waals surface area contributed by atoms with Crippen LogP contribution in [0.4, 0.5) is 0 Å². The van der Waals surface area contributed by atoms with Crippen LogP contribution < -0.4 is 5.32 Å². The summed E-state index contributed by atoms with van der Waals surface area (Å²) in [6, 6.07) is 0.469. The first-order valence-electron chi connectivity index (χ1n) is 6.81. The monoisotopic (exact) mass is 229 g/mol. The summed E-state index contributed by atoms with van der Waals surface area (Å²) in [6.07, 6.45) is 3.80. The Hall–Kier alpha value is -0.0800. The Morgan fingerprint density at radius 1 is 1.12 bits per heavy atom. The van der Waals surface area contributed by atoms with Gasteiger partial charge in [-0.1, -0.05) is 33.6 Å². The second-order valence-electron chi connectivity index (χ2n) is 5.47. The highest BCUT2D eigenvalue weighted by atomic mass is 16.5. The minimum absolute atomic E-state index is 0.0538. The van der Waals surface area contributed by atoms with Crippen LogP contribution in [0.3, 0.4) is 0 Å². The van der Waals surface area contributed by atoms with Crippen molar-refractivity contribution in [1.29, 1.82) is 0 Å². The van der Waals surface area contributed by atoms with Crippen LogP contribution in [0.5, 0.6) is 0 Å². The van der Waals surface area contributed by atoms with Crippen LogP contribution in [-0.2, 0) is 4.74 Å². The van der Waals surface area contributed by atoms with Gasteiger partial charge in [0.25, 0.3) is 0 Å². The molecule has 0 radical (unpaired) electrons. The van der Waals surface area contributed by atoms with Crippen molar-refractivity contribution in [1.82, 2.24) is 5.32 Å². The first-order chi connectivity index (χ1) is 7.44. The van der Waals surface area contributed by atoms with E-state index in [9.17, 15) is 0 Å². The summed E-state index contributed by atoms with van der Waals surface area (Å²) in [5, 5.41) is 3.56. The molecule has 0 spiro atoms. The average Bonchev–Trinajstić information content (AvgIpc) is 2.15. The van der Waals surface area contributed by atoms with Crippen LogP contribution in [0, 0.1) is 5.92 Å². The van der Waals surface area contributed by atoms with Gasteiger partial charge in [0.2, 0.25) is 0 Å². The van der Waals surface area contributed by atoms with Gasteiger partial charge in [0.05, 0.1) is 5.60 Å². The van der Waals surface area contributed by atoms with Gasteiger partial charge in [-0.25, -0.2) is 0 Å². The van der Waals surface area contributed by atoms with E-state index >= 15 is 0 Å². The lowest BCUT2D eigenvalue weighted by atomic mass is 9.92. The number of hydrogen-bond donors (Lipinski definition) is 1. The Morgan fingerprint density at radius 3 is 2.19 bits per heavy atom. The predicted molar refractivity (Wildman–Crippen MR) is 71.9 cm³/mol. The molecule has 16 heavy (non-hydrogen) atoms. The van der Waals surface area contributed by atoms with E-state index < -0.39 is 0 Å². The molecule has 1 N–H and O–H groups in total. The standard InChI is InChI=1S/C14H31NO/c1-7-15-13(11-9-10-12(3)4)14(5,6)16-8-2/h12-13,15H,7-11H2,1-6H3. The fourth-order valence-electron chi connectivity index (χ4n) is 2.14. The zero-order chi connectivity index (χ0) is 12.6. The summed E-state index contributed by atoms with van der Waals surface area (Å²) < 4.78 is 5.84. The number of likely N-dealkylation sites (N-methyl/N-ethyl adjacent to an activating group) is 1. The molecule has 0 fully saturated rings. The van der Waals surface area contributed by atoms with E-state index in [4.69, 9.17) is 4.74 Å². The minimum Gasteiger partial charge on any atom is -0.374 e. The fourth-order valence-corrected chi connectivity index (χ4v) is 2.14. The molecule has 0 aromatic carbocycles. The molecule has 1 unspecified atom stereocenters. The van der Waals surface area contributed by atoms with Crippen molar-refractivity contribution in [2.45, 2.75) is 72.4 Å². The van der Waals surface area contributed by atoms with E-state index in [0.29, 0.717) is 6.04 Å². The summed E-state index contributed by atoms with van der Waals surface area (Å²) in [5.74, 6) is 0.803. The van der Waals surface area contributed by atoms with Crippen molar-refractivity contribution in [3.05, 3.63) is 0 Å². The molecular formula is C14H31NO. The topological polar surface area (TPSA) is 21.3 Å².